The molecule has 2 rings (SSSR count). The zero-order chi connectivity index (χ0) is 16.8. The van der Waals surface area contributed by atoms with Gasteiger partial charge in [-0.3, -0.25) is 9.59 Å². The highest BCUT2D eigenvalue weighted by molar-refractivity contribution is 6.02. The summed E-state index contributed by atoms with van der Waals surface area (Å²) >= 11 is 0. The topological polar surface area (TPSA) is 73.2 Å². The van der Waals surface area contributed by atoms with E-state index >= 15 is 0 Å². The van der Waals surface area contributed by atoms with Crippen LogP contribution in [0.25, 0.3) is 5.69 Å². The number of nitrogens with one attached hydrogen (secondary N) is 1. The average Bonchev–Trinajstić information content (AvgIpc) is 2.53. The fourth-order valence-corrected chi connectivity index (χ4v) is 1.79. The molecule has 0 atom stereocenters. The van der Waals surface area contributed by atoms with Crippen molar-refractivity contribution < 1.29 is 18.3 Å². The number of alkyl halides is 2. The number of halogens is 2. The predicted octanol–water partition coefficient (Wildman–Crippen LogP) is 1.75. The maximum Gasteiger partial charge on any atom is 0.387 e. The molecule has 1 N–H and O–H groups in total. The highest BCUT2D eigenvalue weighted by Gasteiger charge is 2.14. The third kappa shape index (κ3) is 4.00. The Kier molecular flexibility index (Phi) is 5.19. The van der Waals surface area contributed by atoms with Crippen molar-refractivity contribution in [3.05, 3.63) is 64.7 Å². The van der Waals surface area contributed by atoms with E-state index in [1.165, 1.54) is 30.6 Å². The summed E-state index contributed by atoms with van der Waals surface area (Å²) in [5.74, 6) is -0.728. The number of ketones is 1. The zero-order valence-electron chi connectivity index (χ0n) is 12.1. The Bertz CT molecular complexity index is 788. The fourth-order valence-electron chi connectivity index (χ4n) is 1.79. The summed E-state index contributed by atoms with van der Waals surface area (Å²) in [5, 5.41) is 6.54. The normalized spacial score (nSPS) is 11.0. The maximum absolute atomic E-state index is 12.5. The molecule has 0 saturated carbocycles. The SMILES string of the molecule is CN/C=C/C(=O)c1nn(-c2ccccc2OC(F)F)ccc1=O. The van der Waals surface area contributed by atoms with Crippen molar-refractivity contribution in [3.63, 3.8) is 0 Å². The first kappa shape index (κ1) is 16.3. The van der Waals surface area contributed by atoms with Crippen molar-refractivity contribution in [1.29, 1.82) is 0 Å². The monoisotopic (exact) mass is 321 g/mol. The molecule has 6 nitrogen and oxygen atoms in total. The van der Waals surface area contributed by atoms with E-state index in [4.69, 9.17) is 0 Å². The Labute approximate surface area is 130 Å². The fraction of sp³-hybridized carbons (Fsp3) is 0.133. The van der Waals surface area contributed by atoms with Crippen LogP contribution in [-0.2, 0) is 0 Å². The first-order valence-electron chi connectivity index (χ1n) is 6.55. The third-order valence-corrected chi connectivity index (χ3v) is 2.77. The van der Waals surface area contributed by atoms with Crippen LogP contribution in [-0.4, -0.2) is 29.2 Å². The number of hydrogen-bond acceptors (Lipinski definition) is 5. The van der Waals surface area contributed by atoms with E-state index in [2.05, 4.69) is 15.2 Å². The quantitative estimate of drug-likeness (QED) is 0.648. The minimum Gasteiger partial charge on any atom is -0.433 e. The van der Waals surface area contributed by atoms with Crippen molar-refractivity contribution in [3.8, 4) is 11.4 Å². The zero-order valence-corrected chi connectivity index (χ0v) is 12.1. The van der Waals surface area contributed by atoms with Gasteiger partial charge >= 0.3 is 6.61 Å². The molecule has 1 aromatic heterocycles. The molecule has 120 valence electrons. The summed E-state index contributed by atoms with van der Waals surface area (Å²) in [5.41, 5.74) is -0.718. The van der Waals surface area contributed by atoms with E-state index in [9.17, 15) is 18.4 Å². The molecule has 0 aliphatic carbocycles. The second-order valence-corrected chi connectivity index (χ2v) is 4.31. The Morgan fingerprint density at radius 1 is 1.35 bits per heavy atom. The largest absolute Gasteiger partial charge is 0.433 e. The Hall–Kier alpha value is -3.03. The number of hydrogen-bond donors (Lipinski definition) is 1. The number of rotatable bonds is 6. The molecule has 0 spiro atoms. The number of benzene rings is 1. The van der Waals surface area contributed by atoms with Gasteiger partial charge in [0.15, 0.2) is 11.4 Å². The van der Waals surface area contributed by atoms with Crippen LogP contribution in [0.4, 0.5) is 8.78 Å². The molecule has 0 saturated heterocycles. The summed E-state index contributed by atoms with van der Waals surface area (Å²) in [6.07, 6.45) is 3.78. The molecule has 23 heavy (non-hydrogen) atoms. The lowest BCUT2D eigenvalue weighted by atomic mass is 10.2. The first-order chi connectivity index (χ1) is 11.0. The van der Waals surface area contributed by atoms with Gasteiger partial charge in [-0.25, -0.2) is 4.68 Å². The van der Waals surface area contributed by atoms with Crippen LogP contribution in [0, 0.1) is 0 Å². The molecule has 1 aromatic carbocycles. The van der Waals surface area contributed by atoms with Gasteiger partial charge in [-0.2, -0.15) is 13.9 Å². The molecule has 2 aromatic rings. The maximum atomic E-state index is 12.5. The lowest BCUT2D eigenvalue weighted by Crippen LogP contribution is -2.20. The number of aromatic nitrogens is 2. The van der Waals surface area contributed by atoms with E-state index in [0.29, 0.717) is 0 Å². The smallest absolute Gasteiger partial charge is 0.387 e. The molecular formula is C15H13F2N3O3. The number of ether oxygens (including phenoxy) is 1. The van der Waals surface area contributed by atoms with Crippen molar-refractivity contribution in [2.75, 3.05) is 7.05 Å². The van der Waals surface area contributed by atoms with Gasteiger partial charge in [0.1, 0.15) is 5.69 Å². The van der Waals surface area contributed by atoms with Crippen LogP contribution in [0.15, 0.2) is 53.6 Å². The van der Waals surface area contributed by atoms with E-state index in [-0.39, 0.29) is 17.1 Å². The average molecular weight is 321 g/mol. The van der Waals surface area contributed by atoms with E-state index in [0.717, 1.165) is 16.8 Å². The molecule has 8 heteroatoms. The Balaban J connectivity index is 2.48. The van der Waals surface area contributed by atoms with Crippen LogP contribution in [0.2, 0.25) is 0 Å². The van der Waals surface area contributed by atoms with Gasteiger partial charge in [-0.1, -0.05) is 12.1 Å². The summed E-state index contributed by atoms with van der Waals surface area (Å²) in [7, 11) is 1.60. The second-order valence-electron chi connectivity index (χ2n) is 4.31. The molecule has 0 unspecified atom stereocenters. The highest BCUT2D eigenvalue weighted by Crippen LogP contribution is 2.23. The molecular weight excluding hydrogens is 308 g/mol. The molecule has 0 amide bonds. The lowest BCUT2D eigenvalue weighted by molar-refractivity contribution is -0.0499. The number of para-hydroxylation sites is 2. The van der Waals surface area contributed by atoms with Crippen molar-refractivity contribution in [2.24, 2.45) is 0 Å². The van der Waals surface area contributed by atoms with Crippen molar-refractivity contribution in [2.45, 2.75) is 6.61 Å². The molecule has 0 radical (unpaired) electrons. The number of allylic oxidation sites excluding steroid dienone is 1. The van der Waals surface area contributed by atoms with Gasteiger partial charge in [-0.05, 0) is 12.1 Å². The predicted molar refractivity (Wildman–Crippen MR) is 79.0 cm³/mol. The van der Waals surface area contributed by atoms with Crippen LogP contribution in [0.1, 0.15) is 10.5 Å². The number of nitrogens with zero attached hydrogens (tertiary/aromatic N) is 2. The highest BCUT2D eigenvalue weighted by atomic mass is 19.3. The van der Waals surface area contributed by atoms with Gasteiger partial charge in [0, 0.05) is 31.6 Å². The van der Waals surface area contributed by atoms with E-state index < -0.39 is 17.8 Å². The molecule has 0 aliphatic rings. The second kappa shape index (κ2) is 7.30. The van der Waals surface area contributed by atoms with Crippen LogP contribution >= 0.6 is 0 Å². The third-order valence-electron chi connectivity index (χ3n) is 2.77. The first-order valence-corrected chi connectivity index (χ1v) is 6.55. The van der Waals surface area contributed by atoms with Gasteiger partial charge in [-0.15, -0.1) is 0 Å². The van der Waals surface area contributed by atoms with Crippen molar-refractivity contribution >= 4 is 5.78 Å². The summed E-state index contributed by atoms with van der Waals surface area (Å²) in [6.45, 7) is -3.00. The van der Waals surface area contributed by atoms with Gasteiger partial charge in [0.25, 0.3) is 0 Å². The minimum atomic E-state index is -3.00. The molecule has 0 fully saturated rings. The van der Waals surface area contributed by atoms with Gasteiger partial charge < -0.3 is 10.1 Å². The van der Waals surface area contributed by atoms with Gasteiger partial charge in [0.05, 0.1) is 0 Å². The Morgan fingerprint density at radius 2 is 2.09 bits per heavy atom. The summed E-state index contributed by atoms with van der Waals surface area (Å²) < 4.78 is 30.5. The number of carbonyl (C=O) groups excluding carboxylic acids is 1. The van der Waals surface area contributed by atoms with Gasteiger partial charge in [0.2, 0.25) is 11.2 Å². The minimum absolute atomic E-state index is 0.122. The van der Waals surface area contributed by atoms with Crippen LogP contribution < -0.4 is 15.5 Å². The Morgan fingerprint density at radius 3 is 2.78 bits per heavy atom. The van der Waals surface area contributed by atoms with E-state index in [1.54, 1.807) is 13.1 Å². The van der Waals surface area contributed by atoms with Crippen molar-refractivity contribution in [1.82, 2.24) is 15.1 Å². The lowest BCUT2D eigenvalue weighted by Gasteiger charge is -2.12. The molecule has 1 heterocycles. The molecule has 0 aliphatic heterocycles. The summed E-state index contributed by atoms with van der Waals surface area (Å²) in [6, 6.07) is 7.06. The number of carbonyl (C=O) groups is 1. The standard InChI is InChI=1S/C15H13F2N3O3/c1-18-8-6-11(21)14-12(22)7-9-20(19-14)10-4-2-3-5-13(10)23-15(16)17/h2-9,15,18H,1H3/b8-6+. The van der Waals surface area contributed by atoms with E-state index in [1.807, 2.05) is 0 Å². The van der Waals surface area contributed by atoms with Crippen LogP contribution in [0.3, 0.4) is 0 Å². The van der Waals surface area contributed by atoms with Crippen LogP contribution in [0.5, 0.6) is 5.75 Å². The molecule has 0 bridgehead atoms. The summed E-state index contributed by atoms with van der Waals surface area (Å²) in [4.78, 5) is 23.7.